The van der Waals surface area contributed by atoms with Gasteiger partial charge in [-0.2, -0.15) is 0 Å². The van der Waals surface area contributed by atoms with Gasteiger partial charge in [0, 0.05) is 12.0 Å². The molecule has 2 aromatic heterocycles. The van der Waals surface area contributed by atoms with Gasteiger partial charge in [-0.15, -0.1) is 13.2 Å². The van der Waals surface area contributed by atoms with Crippen molar-refractivity contribution in [2.45, 2.75) is 25.6 Å². The number of halogens is 4. The summed E-state index contributed by atoms with van der Waals surface area (Å²) in [6, 6.07) is 6.91. The smallest absolute Gasteiger partial charge is 0.406 e. The third-order valence-corrected chi connectivity index (χ3v) is 3.58. The van der Waals surface area contributed by atoms with Crippen molar-refractivity contribution in [2.24, 2.45) is 0 Å². The number of nitrogens with one attached hydrogen (secondary N) is 1. The van der Waals surface area contributed by atoms with Crippen LogP contribution in [0.15, 0.2) is 36.5 Å². The second-order valence-electron chi connectivity index (χ2n) is 5.22. The van der Waals surface area contributed by atoms with Crippen molar-refractivity contribution in [2.75, 3.05) is 0 Å². The van der Waals surface area contributed by atoms with Crippen LogP contribution in [0.25, 0.3) is 11.2 Å². The Morgan fingerprint density at radius 2 is 1.92 bits per heavy atom. The number of aromatic nitrogens is 3. The van der Waals surface area contributed by atoms with Gasteiger partial charge in [0.25, 0.3) is 0 Å². The molecule has 126 valence electrons. The Hall–Kier alpha value is -2.64. The molecule has 4 nitrogen and oxygen atoms in total. The summed E-state index contributed by atoms with van der Waals surface area (Å²) >= 11 is 0. The van der Waals surface area contributed by atoms with Crippen molar-refractivity contribution >= 4 is 11.2 Å². The van der Waals surface area contributed by atoms with E-state index in [9.17, 15) is 17.6 Å². The minimum Gasteiger partial charge on any atom is -0.406 e. The number of benzene rings is 1. The van der Waals surface area contributed by atoms with Crippen molar-refractivity contribution in [1.82, 2.24) is 15.0 Å². The summed E-state index contributed by atoms with van der Waals surface area (Å²) in [6.45, 7) is 1.92. The quantitative estimate of drug-likeness (QED) is 0.710. The molecule has 0 spiro atoms. The summed E-state index contributed by atoms with van der Waals surface area (Å²) in [5, 5.41) is 0. The van der Waals surface area contributed by atoms with E-state index in [4.69, 9.17) is 0 Å². The molecular weight excluding hydrogens is 326 g/mol. The van der Waals surface area contributed by atoms with Gasteiger partial charge in [0.05, 0.1) is 11.7 Å². The lowest BCUT2D eigenvalue weighted by Gasteiger charge is -2.14. The van der Waals surface area contributed by atoms with Crippen LogP contribution in [0, 0.1) is 5.82 Å². The van der Waals surface area contributed by atoms with E-state index in [2.05, 4.69) is 19.7 Å². The minimum absolute atomic E-state index is 0.179. The molecule has 1 unspecified atom stereocenters. The summed E-state index contributed by atoms with van der Waals surface area (Å²) in [4.78, 5) is 11.3. The molecule has 3 aromatic rings. The topological polar surface area (TPSA) is 50.8 Å². The molecule has 0 fully saturated rings. The first kappa shape index (κ1) is 16.2. The lowest BCUT2D eigenvalue weighted by atomic mass is 9.96. The van der Waals surface area contributed by atoms with E-state index in [-0.39, 0.29) is 11.7 Å². The van der Waals surface area contributed by atoms with Gasteiger partial charge in [-0.05, 0) is 24.1 Å². The first-order chi connectivity index (χ1) is 11.4. The fourth-order valence-electron chi connectivity index (χ4n) is 2.55. The maximum Gasteiger partial charge on any atom is 0.573 e. The lowest BCUT2D eigenvalue weighted by molar-refractivity contribution is -0.274. The monoisotopic (exact) mass is 339 g/mol. The first-order valence-corrected chi connectivity index (χ1v) is 7.22. The van der Waals surface area contributed by atoms with Crippen molar-refractivity contribution in [3.8, 4) is 5.75 Å². The van der Waals surface area contributed by atoms with Gasteiger partial charge in [0.1, 0.15) is 17.4 Å². The summed E-state index contributed by atoms with van der Waals surface area (Å²) in [5.74, 6) is -0.355. The highest BCUT2D eigenvalue weighted by Gasteiger charge is 2.31. The predicted octanol–water partition coefficient (Wildman–Crippen LogP) is 4.54. The molecule has 1 N–H and O–H groups in total. The predicted molar refractivity (Wildman–Crippen MR) is 79.1 cm³/mol. The third-order valence-electron chi connectivity index (χ3n) is 3.58. The molecule has 2 heterocycles. The zero-order chi connectivity index (χ0) is 17.3. The first-order valence-electron chi connectivity index (χ1n) is 7.22. The van der Waals surface area contributed by atoms with Crippen LogP contribution in [-0.2, 0) is 0 Å². The summed E-state index contributed by atoms with van der Waals surface area (Å²) in [6.07, 6.45) is -2.99. The number of ether oxygens (including phenoxy) is 1. The van der Waals surface area contributed by atoms with Crippen LogP contribution in [-0.4, -0.2) is 21.3 Å². The molecule has 0 aliphatic rings. The van der Waals surface area contributed by atoms with Crippen LogP contribution >= 0.6 is 0 Å². The Bertz CT molecular complexity index is 843. The molecule has 0 bridgehead atoms. The fraction of sp³-hybridized carbons (Fsp3) is 0.250. The van der Waals surface area contributed by atoms with Crippen molar-refractivity contribution < 1.29 is 22.3 Å². The number of aromatic amines is 1. The van der Waals surface area contributed by atoms with E-state index in [1.807, 2.05) is 6.92 Å². The number of hydrogen-bond acceptors (Lipinski definition) is 3. The zero-order valence-corrected chi connectivity index (χ0v) is 12.6. The van der Waals surface area contributed by atoms with Gasteiger partial charge in [0.15, 0.2) is 5.65 Å². The fourth-order valence-corrected chi connectivity index (χ4v) is 2.55. The van der Waals surface area contributed by atoms with E-state index in [1.165, 1.54) is 18.2 Å². The average Bonchev–Trinajstić information content (AvgIpc) is 2.91. The standard InChI is InChI=1S/C16H13F4N3O/c1-2-12(9-3-5-11(6-4-9)24-16(18,19)20)14-22-13-7-10(17)8-21-15(13)23-14/h3-8,12H,2H2,1H3,(H,21,22,23). The average molecular weight is 339 g/mol. The molecule has 0 saturated carbocycles. The van der Waals surface area contributed by atoms with Crippen molar-refractivity contribution in [3.63, 3.8) is 0 Å². The highest BCUT2D eigenvalue weighted by Crippen LogP contribution is 2.30. The second kappa shape index (κ2) is 6.10. The van der Waals surface area contributed by atoms with E-state index < -0.39 is 12.2 Å². The number of pyridine rings is 1. The summed E-state index contributed by atoms with van der Waals surface area (Å²) in [7, 11) is 0. The lowest BCUT2D eigenvalue weighted by Crippen LogP contribution is -2.17. The Labute approximate surface area is 134 Å². The van der Waals surface area contributed by atoms with Gasteiger partial charge in [0.2, 0.25) is 0 Å². The molecule has 0 aliphatic carbocycles. The van der Waals surface area contributed by atoms with Crippen molar-refractivity contribution in [3.05, 3.63) is 53.7 Å². The van der Waals surface area contributed by atoms with Crippen LogP contribution in [0.4, 0.5) is 17.6 Å². The van der Waals surface area contributed by atoms with Crippen LogP contribution in [0.3, 0.4) is 0 Å². The van der Waals surface area contributed by atoms with Gasteiger partial charge in [-0.3, -0.25) is 0 Å². The molecule has 0 saturated heterocycles. The summed E-state index contributed by atoms with van der Waals surface area (Å²) in [5.41, 5.74) is 1.63. The molecule has 1 atom stereocenters. The summed E-state index contributed by atoms with van der Waals surface area (Å²) < 4.78 is 53.7. The molecule has 0 aliphatic heterocycles. The normalized spacial score (nSPS) is 13.2. The maximum atomic E-state index is 13.2. The molecule has 3 rings (SSSR count). The van der Waals surface area contributed by atoms with E-state index in [0.29, 0.717) is 23.4 Å². The van der Waals surface area contributed by atoms with Crippen LogP contribution in [0.5, 0.6) is 5.75 Å². The number of H-pyrrole nitrogens is 1. The van der Waals surface area contributed by atoms with Crippen LogP contribution in [0.1, 0.15) is 30.7 Å². The molecule has 0 amide bonds. The number of rotatable bonds is 4. The molecule has 1 aromatic carbocycles. The van der Waals surface area contributed by atoms with Crippen LogP contribution in [0.2, 0.25) is 0 Å². The molecular formula is C16H13F4N3O. The highest BCUT2D eigenvalue weighted by molar-refractivity contribution is 5.70. The second-order valence-corrected chi connectivity index (χ2v) is 5.22. The van der Waals surface area contributed by atoms with Gasteiger partial charge < -0.3 is 9.72 Å². The van der Waals surface area contributed by atoms with Crippen LogP contribution < -0.4 is 4.74 Å². The SMILES string of the molecule is CCC(c1ccc(OC(F)(F)F)cc1)c1nc2ncc(F)cc2[nH]1. The number of nitrogens with zero attached hydrogens (tertiary/aromatic N) is 2. The highest BCUT2D eigenvalue weighted by atomic mass is 19.4. The maximum absolute atomic E-state index is 13.2. The van der Waals surface area contributed by atoms with E-state index in [1.54, 1.807) is 12.1 Å². The van der Waals surface area contributed by atoms with Gasteiger partial charge in [-0.25, -0.2) is 14.4 Å². The Balaban J connectivity index is 1.89. The molecule has 24 heavy (non-hydrogen) atoms. The Morgan fingerprint density at radius 3 is 2.54 bits per heavy atom. The number of imidazole rings is 1. The molecule has 8 heteroatoms. The number of alkyl halides is 3. The zero-order valence-electron chi connectivity index (χ0n) is 12.6. The van der Waals surface area contributed by atoms with Gasteiger partial charge in [-0.1, -0.05) is 19.1 Å². The largest absolute Gasteiger partial charge is 0.573 e. The van der Waals surface area contributed by atoms with Crippen molar-refractivity contribution in [1.29, 1.82) is 0 Å². The number of hydrogen-bond donors (Lipinski definition) is 1. The third kappa shape index (κ3) is 3.47. The Morgan fingerprint density at radius 1 is 1.21 bits per heavy atom. The molecule has 0 radical (unpaired) electrons. The Kier molecular flexibility index (Phi) is 4.13. The van der Waals surface area contributed by atoms with E-state index >= 15 is 0 Å². The van der Waals surface area contributed by atoms with Gasteiger partial charge >= 0.3 is 6.36 Å². The van der Waals surface area contributed by atoms with E-state index in [0.717, 1.165) is 11.8 Å². The minimum atomic E-state index is -4.72. The number of fused-ring (bicyclic) bond motifs is 1.